The van der Waals surface area contributed by atoms with Crippen LogP contribution in [0.5, 0.6) is 0 Å². The molecule has 1 aromatic heterocycles. The lowest BCUT2D eigenvalue weighted by Crippen LogP contribution is -2.28. The monoisotopic (exact) mass is 793 g/mol. The van der Waals surface area contributed by atoms with Gasteiger partial charge in [0.05, 0.1) is 5.41 Å². The molecular formula is C59H39NS. The maximum absolute atomic E-state index is 2.47. The van der Waals surface area contributed by atoms with Gasteiger partial charge in [-0.2, -0.15) is 0 Å². The lowest BCUT2D eigenvalue weighted by molar-refractivity contribution is 0.768. The molecule has 11 aromatic rings. The Hall–Kier alpha value is -7.52. The predicted octanol–water partition coefficient (Wildman–Crippen LogP) is 16.4. The van der Waals surface area contributed by atoms with Crippen molar-refractivity contribution in [1.82, 2.24) is 0 Å². The van der Waals surface area contributed by atoms with E-state index in [1.165, 1.54) is 86.6 Å². The van der Waals surface area contributed by atoms with Crippen LogP contribution in [0, 0.1) is 0 Å². The first-order valence-electron chi connectivity index (χ1n) is 21.0. The van der Waals surface area contributed by atoms with Crippen molar-refractivity contribution in [2.45, 2.75) is 5.41 Å². The zero-order valence-electron chi connectivity index (χ0n) is 33.4. The van der Waals surface area contributed by atoms with Crippen molar-refractivity contribution in [3.8, 4) is 33.4 Å². The molecule has 0 radical (unpaired) electrons. The second-order valence-electron chi connectivity index (χ2n) is 16.0. The molecule has 286 valence electrons. The summed E-state index contributed by atoms with van der Waals surface area (Å²) in [5.41, 5.74) is 15.4. The average molecular weight is 794 g/mol. The predicted molar refractivity (Wildman–Crippen MR) is 260 cm³/mol. The Kier molecular flexibility index (Phi) is 8.33. The summed E-state index contributed by atoms with van der Waals surface area (Å²) in [6, 6.07) is 87.3. The van der Waals surface area contributed by atoms with E-state index in [0.29, 0.717) is 0 Å². The van der Waals surface area contributed by atoms with Crippen LogP contribution in [0.15, 0.2) is 237 Å². The van der Waals surface area contributed by atoms with Gasteiger partial charge in [-0.25, -0.2) is 0 Å². The molecule has 0 bridgehead atoms. The maximum atomic E-state index is 2.47. The van der Waals surface area contributed by atoms with Gasteiger partial charge in [-0.3, -0.25) is 0 Å². The normalized spacial score (nSPS) is 12.7. The number of nitrogens with zero attached hydrogens (tertiary/aromatic N) is 1. The van der Waals surface area contributed by atoms with E-state index in [1.54, 1.807) is 0 Å². The molecule has 1 aliphatic rings. The molecule has 2 heteroatoms. The summed E-state index contributed by atoms with van der Waals surface area (Å²) in [4.78, 5) is 2.47. The Morgan fingerprint density at radius 1 is 0.311 bits per heavy atom. The maximum Gasteiger partial charge on any atom is 0.0714 e. The van der Waals surface area contributed by atoms with Gasteiger partial charge in [-0.1, -0.05) is 188 Å². The van der Waals surface area contributed by atoms with Crippen molar-refractivity contribution in [2.75, 3.05) is 4.90 Å². The second kappa shape index (κ2) is 14.3. The quantitative estimate of drug-likeness (QED) is 0.155. The first kappa shape index (κ1) is 35.4. The SMILES string of the molecule is c1ccc(-c2cccc(N(c3ccc4c(c3)C(c3ccccc3)(c3ccccc3)c3ccccc3-4)c3ccc4sc5c6ccccc6c(-c6ccccc6)cc5c4c3)c2)cc1. The highest BCUT2D eigenvalue weighted by Gasteiger charge is 2.46. The molecule has 0 fully saturated rings. The molecule has 61 heavy (non-hydrogen) atoms. The van der Waals surface area contributed by atoms with E-state index in [4.69, 9.17) is 0 Å². The number of benzene rings is 10. The summed E-state index contributed by atoms with van der Waals surface area (Å²) in [6.45, 7) is 0. The Balaban J connectivity index is 1.13. The number of hydrogen-bond donors (Lipinski definition) is 0. The number of fused-ring (bicyclic) bond motifs is 8. The zero-order chi connectivity index (χ0) is 40.3. The molecule has 0 amide bonds. The van der Waals surface area contributed by atoms with Crippen LogP contribution >= 0.6 is 11.3 Å². The third kappa shape index (κ3) is 5.60. The van der Waals surface area contributed by atoms with Crippen LogP contribution in [0.4, 0.5) is 17.1 Å². The lowest BCUT2D eigenvalue weighted by atomic mass is 9.67. The highest BCUT2D eigenvalue weighted by Crippen LogP contribution is 2.57. The van der Waals surface area contributed by atoms with Crippen molar-refractivity contribution in [2.24, 2.45) is 0 Å². The molecule has 0 saturated heterocycles. The molecular weight excluding hydrogens is 755 g/mol. The molecule has 1 aliphatic carbocycles. The Morgan fingerprint density at radius 3 is 1.61 bits per heavy atom. The summed E-state index contributed by atoms with van der Waals surface area (Å²) in [5, 5.41) is 5.13. The topological polar surface area (TPSA) is 3.24 Å². The largest absolute Gasteiger partial charge is 0.310 e. The van der Waals surface area contributed by atoms with E-state index in [1.807, 2.05) is 11.3 Å². The third-order valence-electron chi connectivity index (χ3n) is 12.7. The number of hydrogen-bond acceptors (Lipinski definition) is 2. The zero-order valence-corrected chi connectivity index (χ0v) is 34.2. The minimum absolute atomic E-state index is 0.510. The minimum atomic E-state index is -0.510. The highest BCUT2D eigenvalue weighted by atomic mass is 32.1. The van der Waals surface area contributed by atoms with Crippen molar-refractivity contribution in [3.63, 3.8) is 0 Å². The van der Waals surface area contributed by atoms with Gasteiger partial charge in [0, 0.05) is 42.6 Å². The van der Waals surface area contributed by atoms with Crippen LogP contribution in [-0.2, 0) is 5.41 Å². The summed E-state index contributed by atoms with van der Waals surface area (Å²) in [5.74, 6) is 0. The van der Waals surface area contributed by atoms with Gasteiger partial charge in [-0.05, 0) is 110 Å². The van der Waals surface area contributed by atoms with Crippen molar-refractivity contribution < 1.29 is 0 Å². The van der Waals surface area contributed by atoms with Gasteiger partial charge >= 0.3 is 0 Å². The summed E-state index contributed by atoms with van der Waals surface area (Å²) < 4.78 is 2.61. The standard InChI is InChI=1S/C59H39NS/c1-5-18-40(19-6-1)42-22-17-27-45(36-42)60(46-33-35-57-53(37-46)54-39-52(41-20-7-2-8-21-41)48-28-13-14-30-51(48)58(54)61-57)47-32-34-50-49-29-15-16-31-55(49)59(56(50)38-47,43-23-9-3-10-24-43)44-25-11-4-12-26-44/h1-39H. The van der Waals surface area contributed by atoms with Gasteiger partial charge in [0.2, 0.25) is 0 Å². The van der Waals surface area contributed by atoms with Crippen LogP contribution in [-0.4, -0.2) is 0 Å². The molecule has 10 aromatic carbocycles. The third-order valence-corrected chi connectivity index (χ3v) is 13.9. The van der Waals surface area contributed by atoms with E-state index < -0.39 is 5.41 Å². The summed E-state index contributed by atoms with van der Waals surface area (Å²) in [6.07, 6.45) is 0. The van der Waals surface area contributed by atoms with Crippen molar-refractivity contribution >= 4 is 59.3 Å². The van der Waals surface area contributed by atoms with E-state index >= 15 is 0 Å². The highest BCUT2D eigenvalue weighted by molar-refractivity contribution is 7.26. The van der Waals surface area contributed by atoms with E-state index in [9.17, 15) is 0 Å². The van der Waals surface area contributed by atoms with Gasteiger partial charge < -0.3 is 4.90 Å². The number of thiophene rings is 1. The average Bonchev–Trinajstić information content (AvgIpc) is 3.86. The van der Waals surface area contributed by atoms with Crippen LogP contribution in [0.2, 0.25) is 0 Å². The Bertz CT molecular complexity index is 3370. The van der Waals surface area contributed by atoms with Crippen molar-refractivity contribution in [1.29, 1.82) is 0 Å². The van der Waals surface area contributed by atoms with Crippen LogP contribution in [0.3, 0.4) is 0 Å². The molecule has 1 nitrogen and oxygen atoms in total. The molecule has 12 rings (SSSR count). The van der Waals surface area contributed by atoms with Gasteiger partial charge in [0.1, 0.15) is 0 Å². The molecule has 1 heterocycles. The number of anilines is 3. The smallest absolute Gasteiger partial charge is 0.0714 e. The number of rotatable bonds is 7. The summed E-state index contributed by atoms with van der Waals surface area (Å²) in [7, 11) is 0. The van der Waals surface area contributed by atoms with E-state index in [2.05, 4.69) is 241 Å². The minimum Gasteiger partial charge on any atom is -0.310 e. The van der Waals surface area contributed by atoms with Crippen molar-refractivity contribution in [3.05, 3.63) is 259 Å². The van der Waals surface area contributed by atoms with Crippen LogP contribution < -0.4 is 4.90 Å². The van der Waals surface area contributed by atoms with Gasteiger partial charge in [0.15, 0.2) is 0 Å². The van der Waals surface area contributed by atoms with E-state index in [-0.39, 0.29) is 0 Å². The second-order valence-corrected chi connectivity index (χ2v) is 17.1. The fourth-order valence-corrected chi connectivity index (χ4v) is 11.3. The molecule has 0 spiro atoms. The van der Waals surface area contributed by atoms with E-state index in [0.717, 1.165) is 17.1 Å². The Labute approximate surface area is 360 Å². The van der Waals surface area contributed by atoms with Crippen LogP contribution in [0.25, 0.3) is 64.3 Å². The fraction of sp³-hybridized carbons (Fsp3) is 0.0169. The Morgan fingerprint density at radius 2 is 0.869 bits per heavy atom. The first-order chi connectivity index (χ1) is 30.3. The lowest BCUT2D eigenvalue weighted by Gasteiger charge is -2.35. The molecule has 0 atom stereocenters. The fourth-order valence-electron chi connectivity index (χ4n) is 10.1. The molecule has 0 N–H and O–H groups in total. The van der Waals surface area contributed by atoms with Crippen LogP contribution in [0.1, 0.15) is 22.3 Å². The summed E-state index contributed by atoms with van der Waals surface area (Å²) >= 11 is 1.89. The van der Waals surface area contributed by atoms with Gasteiger partial charge in [-0.15, -0.1) is 11.3 Å². The molecule has 0 unspecified atom stereocenters. The van der Waals surface area contributed by atoms with Gasteiger partial charge in [0.25, 0.3) is 0 Å². The molecule has 0 aliphatic heterocycles. The molecule has 0 saturated carbocycles. The first-order valence-corrected chi connectivity index (χ1v) is 21.8.